The summed E-state index contributed by atoms with van der Waals surface area (Å²) in [4.78, 5) is 21.4. The maximum absolute atomic E-state index is 14.4. The average molecular weight is 573 g/mol. The van der Waals surface area contributed by atoms with Crippen molar-refractivity contribution in [2.24, 2.45) is 11.8 Å². The van der Waals surface area contributed by atoms with Gasteiger partial charge in [-0.05, 0) is 67.5 Å². The normalized spacial score (nSPS) is 14.2. The fourth-order valence-corrected chi connectivity index (χ4v) is 5.05. The first-order chi connectivity index (χ1) is 19.1. The van der Waals surface area contributed by atoms with Gasteiger partial charge in [-0.25, -0.2) is 19.1 Å². The van der Waals surface area contributed by atoms with E-state index in [1.165, 1.54) is 42.5 Å². The molecule has 4 rings (SSSR count). The van der Waals surface area contributed by atoms with Crippen molar-refractivity contribution in [3.05, 3.63) is 59.9 Å². The van der Waals surface area contributed by atoms with Gasteiger partial charge in [-0.3, -0.25) is 4.79 Å². The van der Waals surface area contributed by atoms with Crippen LogP contribution < -0.4 is 19.9 Å². The zero-order chi connectivity index (χ0) is 28.7. The fourth-order valence-electron chi connectivity index (χ4n) is 4.11. The standard InChI is InChI=1S/C28H33FN4O6S/c1-18(2)17-39-22-15-20(14-21(29)16-22)24-7-6-23(28(31-24)38-13-10-19-8-11-37-12-9-19)27(34)33-40(35,36)26-5-3-4-25(30)32-26/h3-7,14-16,18-19H,8-13,17H2,1-2H3,(H2,30,32)(H,33,34). The summed E-state index contributed by atoms with van der Waals surface area (Å²) >= 11 is 0. The minimum Gasteiger partial charge on any atom is -0.493 e. The van der Waals surface area contributed by atoms with Crippen LogP contribution in [0.5, 0.6) is 11.6 Å². The van der Waals surface area contributed by atoms with Crippen molar-refractivity contribution < 1.29 is 31.8 Å². The van der Waals surface area contributed by atoms with Gasteiger partial charge < -0.3 is 19.9 Å². The predicted octanol–water partition coefficient (Wildman–Crippen LogP) is 4.21. The van der Waals surface area contributed by atoms with Crippen LogP contribution in [-0.2, 0) is 14.8 Å². The van der Waals surface area contributed by atoms with E-state index in [0.717, 1.165) is 12.8 Å². The highest BCUT2D eigenvalue weighted by atomic mass is 32.2. The van der Waals surface area contributed by atoms with E-state index in [2.05, 4.69) is 9.97 Å². The number of carbonyl (C=O) groups is 1. The van der Waals surface area contributed by atoms with Gasteiger partial charge in [-0.1, -0.05) is 19.9 Å². The number of halogens is 1. The van der Waals surface area contributed by atoms with Crippen LogP contribution in [0.2, 0.25) is 0 Å². The van der Waals surface area contributed by atoms with Crippen LogP contribution in [0.1, 0.15) is 43.5 Å². The highest BCUT2D eigenvalue weighted by Gasteiger charge is 2.24. The van der Waals surface area contributed by atoms with Crippen LogP contribution in [0.4, 0.5) is 10.2 Å². The molecule has 1 aliphatic heterocycles. The fraction of sp³-hybridized carbons (Fsp3) is 0.393. The maximum Gasteiger partial charge on any atom is 0.281 e. The molecule has 0 atom stereocenters. The smallest absolute Gasteiger partial charge is 0.281 e. The molecule has 0 spiro atoms. The lowest BCUT2D eigenvalue weighted by atomic mass is 9.97. The lowest BCUT2D eigenvalue weighted by Gasteiger charge is -2.22. The Morgan fingerprint density at radius 3 is 2.62 bits per heavy atom. The topological polar surface area (TPSA) is 143 Å². The molecule has 0 aliphatic carbocycles. The highest BCUT2D eigenvalue weighted by Crippen LogP contribution is 2.29. The summed E-state index contributed by atoms with van der Waals surface area (Å²) in [5.74, 6) is -0.565. The molecule has 0 saturated carbocycles. The number of pyridine rings is 2. The van der Waals surface area contributed by atoms with Crippen molar-refractivity contribution in [2.45, 2.75) is 38.1 Å². The number of nitrogens with zero attached hydrogens (tertiary/aromatic N) is 2. The summed E-state index contributed by atoms with van der Waals surface area (Å²) in [6, 6.07) is 11.2. The first kappa shape index (κ1) is 29.2. The number of nitrogen functional groups attached to an aromatic ring is 1. The van der Waals surface area contributed by atoms with Crippen molar-refractivity contribution in [1.29, 1.82) is 0 Å². The molecule has 40 heavy (non-hydrogen) atoms. The summed E-state index contributed by atoms with van der Waals surface area (Å²) in [6.07, 6.45) is 2.51. The Balaban J connectivity index is 1.62. The summed E-state index contributed by atoms with van der Waals surface area (Å²) in [7, 11) is -4.33. The Morgan fingerprint density at radius 1 is 1.12 bits per heavy atom. The van der Waals surface area contributed by atoms with Gasteiger partial charge in [0.15, 0.2) is 5.03 Å². The molecule has 3 N–H and O–H groups in total. The molecule has 1 aliphatic rings. The second-order valence-electron chi connectivity index (χ2n) is 9.96. The number of hydrogen-bond donors (Lipinski definition) is 2. The molecular weight excluding hydrogens is 539 g/mol. The second-order valence-corrected chi connectivity index (χ2v) is 11.6. The third kappa shape index (κ3) is 7.89. The van der Waals surface area contributed by atoms with Gasteiger partial charge in [0.1, 0.15) is 22.9 Å². The molecule has 0 unspecified atom stereocenters. The zero-order valence-electron chi connectivity index (χ0n) is 22.4. The molecule has 10 nitrogen and oxygen atoms in total. The summed E-state index contributed by atoms with van der Waals surface area (Å²) < 4.78 is 59.0. The Morgan fingerprint density at radius 2 is 1.90 bits per heavy atom. The lowest BCUT2D eigenvalue weighted by Crippen LogP contribution is -2.32. The first-order valence-electron chi connectivity index (χ1n) is 13.1. The van der Waals surface area contributed by atoms with E-state index in [1.54, 1.807) is 6.07 Å². The van der Waals surface area contributed by atoms with Crippen LogP contribution in [0, 0.1) is 17.7 Å². The SMILES string of the molecule is CC(C)COc1cc(F)cc(-c2ccc(C(=O)NS(=O)(=O)c3cccc(N)n3)c(OCCC3CCOCC3)n2)c1. The molecule has 3 heterocycles. The van der Waals surface area contributed by atoms with Crippen LogP contribution in [0.3, 0.4) is 0 Å². The molecule has 2 aromatic heterocycles. The molecule has 214 valence electrons. The van der Waals surface area contributed by atoms with E-state index in [-0.39, 0.29) is 29.8 Å². The zero-order valence-corrected chi connectivity index (χ0v) is 23.2. The van der Waals surface area contributed by atoms with Crippen molar-refractivity contribution >= 4 is 21.7 Å². The van der Waals surface area contributed by atoms with E-state index < -0.39 is 26.8 Å². The predicted molar refractivity (Wildman–Crippen MR) is 147 cm³/mol. The van der Waals surface area contributed by atoms with Gasteiger partial charge in [0.05, 0.1) is 18.9 Å². The summed E-state index contributed by atoms with van der Waals surface area (Å²) in [6.45, 7) is 5.99. The number of sulfonamides is 1. The van der Waals surface area contributed by atoms with E-state index in [0.29, 0.717) is 49.2 Å². The number of rotatable bonds is 11. The highest BCUT2D eigenvalue weighted by molar-refractivity contribution is 7.90. The number of ether oxygens (including phenoxy) is 3. The second kappa shape index (κ2) is 13.1. The van der Waals surface area contributed by atoms with Crippen molar-refractivity contribution in [1.82, 2.24) is 14.7 Å². The van der Waals surface area contributed by atoms with E-state index in [9.17, 15) is 17.6 Å². The number of nitrogens with one attached hydrogen (secondary N) is 1. The van der Waals surface area contributed by atoms with Crippen LogP contribution in [-0.4, -0.2) is 50.7 Å². The number of anilines is 1. The van der Waals surface area contributed by atoms with E-state index in [4.69, 9.17) is 19.9 Å². The number of nitrogens with two attached hydrogens (primary N) is 1. The van der Waals surface area contributed by atoms with Crippen molar-refractivity contribution in [3.63, 3.8) is 0 Å². The first-order valence-corrected chi connectivity index (χ1v) is 14.5. The number of aromatic nitrogens is 2. The molecular formula is C28H33FN4O6S. The molecule has 1 aromatic carbocycles. The Labute approximate surface area is 233 Å². The average Bonchev–Trinajstić information content (AvgIpc) is 2.92. The summed E-state index contributed by atoms with van der Waals surface area (Å²) in [5.41, 5.74) is 6.24. The Kier molecular flexibility index (Phi) is 9.54. The van der Waals surface area contributed by atoms with E-state index in [1.807, 2.05) is 18.6 Å². The molecule has 1 amide bonds. The maximum atomic E-state index is 14.4. The Bertz CT molecular complexity index is 1440. The number of amides is 1. The quantitative estimate of drug-likeness (QED) is 0.345. The van der Waals surface area contributed by atoms with Crippen LogP contribution in [0.15, 0.2) is 53.6 Å². The monoisotopic (exact) mass is 572 g/mol. The van der Waals surface area contributed by atoms with Crippen molar-refractivity contribution in [2.75, 3.05) is 32.2 Å². The third-order valence-corrected chi connectivity index (χ3v) is 7.44. The minimum absolute atomic E-state index is 0.00897. The molecule has 12 heteroatoms. The van der Waals surface area contributed by atoms with Gasteiger partial charge in [-0.2, -0.15) is 8.42 Å². The largest absolute Gasteiger partial charge is 0.493 e. The minimum atomic E-state index is -4.33. The molecule has 0 bridgehead atoms. The molecule has 1 fully saturated rings. The van der Waals surface area contributed by atoms with Crippen LogP contribution in [0.25, 0.3) is 11.3 Å². The molecule has 0 radical (unpaired) electrons. The summed E-state index contributed by atoms with van der Waals surface area (Å²) in [5, 5.41) is -0.402. The lowest BCUT2D eigenvalue weighted by molar-refractivity contribution is 0.0591. The number of benzene rings is 1. The van der Waals surface area contributed by atoms with Gasteiger partial charge in [0.2, 0.25) is 5.88 Å². The van der Waals surface area contributed by atoms with Crippen LogP contribution >= 0.6 is 0 Å². The Hall–Kier alpha value is -3.77. The molecule has 1 saturated heterocycles. The number of carbonyl (C=O) groups excluding carboxylic acids is 1. The van der Waals surface area contributed by atoms with Gasteiger partial charge in [-0.15, -0.1) is 0 Å². The third-order valence-electron chi connectivity index (χ3n) is 6.21. The molecule has 3 aromatic rings. The number of hydrogen-bond acceptors (Lipinski definition) is 9. The van der Waals surface area contributed by atoms with Gasteiger partial charge in [0, 0.05) is 24.8 Å². The van der Waals surface area contributed by atoms with Crippen molar-refractivity contribution in [3.8, 4) is 22.9 Å². The van der Waals surface area contributed by atoms with Gasteiger partial charge in [0.25, 0.3) is 15.9 Å². The van der Waals surface area contributed by atoms with E-state index >= 15 is 0 Å². The van der Waals surface area contributed by atoms with Gasteiger partial charge >= 0.3 is 0 Å².